The summed E-state index contributed by atoms with van der Waals surface area (Å²) in [7, 11) is 1.47. The fourth-order valence-electron chi connectivity index (χ4n) is 3.01. The molecule has 1 aromatic carbocycles. The molecule has 1 saturated carbocycles. The topological polar surface area (TPSA) is 46.1 Å². The molecule has 1 atom stereocenters. The van der Waals surface area contributed by atoms with Crippen molar-refractivity contribution in [2.24, 2.45) is 7.05 Å². The minimum absolute atomic E-state index is 0.101. The average Bonchev–Trinajstić information content (AvgIpc) is 2.56. The number of halogens is 1. The SMILES string of the molecule is C=S(Nc1cc(C)c(=O)n(C)c1Nc1ccc(CC)cc1F)C1CCC1. The fraction of sp³-hybridized carbons (Fsp3) is 0.400. The zero-order chi connectivity index (χ0) is 18.8. The Morgan fingerprint density at radius 3 is 2.62 bits per heavy atom. The largest absolute Gasteiger partial charge is 0.337 e. The van der Waals surface area contributed by atoms with Crippen LogP contribution in [-0.2, 0) is 13.5 Å². The van der Waals surface area contributed by atoms with E-state index in [2.05, 4.69) is 15.9 Å². The van der Waals surface area contributed by atoms with Crippen LogP contribution in [0.1, 0.15) is 37.3 Å². The van der Waals surface area contributed by atoms with Gasteiger partial charge in [0.2, 0.25) is 0 Å². The van der Waals surface area contributed by atoms with Gasteiger partial charge in [-0.2, -0.15) is 0 Å². The van der Waals surface area contributed by atoms with Gasteiger partial charge in [-0.15, -0.1) is 10.7 Å². The first kappa shape index (κ1) is 18.7. The Kier molecular flexibility index (Phi) is 5.51. The lowest BCUT2D eigenvalue weighted by atomic mass is 10.0. The number of aryl methyl sites for hydroxylation is 2. The molecule has 1 aromatic heterocycles. The molecule has 0 bridgehead atoms. The van der Waals surface area contributed by atoms with Crippen molar-refractivity contribution in [3.63, 3.8) is 0 Å². The van der Waals surface area contributed by atoms with E-state index in [0.29, 0.717) is 22.3 Å². The van der Waals surface area contributed by atoms with Crippen LogP contribution in [0.2, 0.25) is 0 Å². The third-order valence-corrected chi connectivity index (χ3v) is 6.74. The van der Waals surface area contributed by atoms with Crippen LogP contribution in [0.15, 0.2) is 29.1 Å². The van der Waals surface area contributed by atoms with Crippen LogP contribution in [-0.4, -0.2) is 15.7 Å². The summed E-state index contributed by atoms with van der Waals surface area (Å²) in [5, 5.41) is 3.68. The molecule has 4 nitrogen and oxygen atoms in total. The highest BCUT2D eigenvalue weighted by atomic mass is 32.2. The number of rotatable bonds is 6. The van der Waals surface area contributed by atoms with Gasteiger partial charge < -0.3 is 10.0 Å². The molecule has 1 unspecified atom stereocenters. The van der Waals surface area contributed by atoms with Crippen molar-refractivity contribution in [1.29, 1.82) is 0 Å². The number of hydrogen-bond acceptors (Lipinski definition) is 3. The zero-order valence-electron chi connectivity index (χ0n) is 15.6. The first-order chi connectivity index (χ1) is 12.4. The molecule has 0 saturated heterocycles. The monoisotopic (exact) mass is 375 g/mol. The molecule has 1 aliphatic carbocycles. The Morgan fingerprint density at radius 2 is 2.04 bits per heavy atom. The van der Waals surface area contributed by atoms with Crippen LogP contribution in [0, 0.1) is 12.7 Å². The maximum absolute atomic E-state index is 14.4. The molecule has 0 amide bonds. The Bertz CT molecular complexity index is 903. The molecular weight excluding hydrogens is 349 g/mol. The lowest BCUT2D eigenvalue weighted by Gasteiger charge is -2.30. The number of anilines is 3. The number of nitrogens with one attached hydrogen (secondary N) is 2. The molecule has 1 aliphatic rings. The van der Waals surface area contributed by atoms with Crippen molar-refractivity contribution < 1.29 is 4.39 Å². The lowest BCUT2D eigenvalue weighted by molar-refractivity contribution is 0.522. The molecule has 2 N–H and O–H groups in total. The van der Waals surface area contributed by atoms with Crippen LogP contribution < -0.4 is 15.6 Å². The van der Waals surface area contributed by atoms with Crippen molar-refractivity contribution in [3.05, 3.63) is 51.6 Å². The van der Waals surface area contributed by atoms with Crippen LogP contribution in [0.3, 0.4) is 0 Å². The highest BCUT2D eigenvalue weighted by molar-refractivity contribution is 8.15. The van der Waals surface area contributed by atoms with Crippen LogP contribution >= 0.6 is 10.7 Å². The van der Waals surface area contributed by atoms with E-state index in [1.807, 2.05) is 19.1 Å². The Labute approximate surface area is 156 Å². The minimum atomic E-state index is -0.323. The van der Waals surface area contributed by atoms with E-state index in [-0.39, 0.29) is 22.0 Å². The van der Waals surface area contributed by atoms with Gasteiger partial charge in [0.15, 0.2) is 0 Å². The smallest absolute Gasteiger partial charge is 0.254 e. The van der Waals surface area contributed by atoms with Gasteiger partial charge in [-0.3, -0.25) is 9.36 Å². The first-order valence-corrected chi connectivity index (χ1v) is 10.4. The van der Waals surface area contributed by atoms with E-state index in [0.717, 1.165) is 17.7 Å². The first-order valence-electron chi connectivity index (χ1n) is 8.96. The Hall–Kier alpha value is -2.08. The van der Waals surface area contributed by atoms with Crippen molar-refractivity contribution >= 4 is 33.7 Å². The molecule has 26 heavy (non-hydrogen) atoms. The van der Waals surface area contributed by atoms with Crippen LogP contribution in [0.4, 0.5) is 21.6 Å². The van der Waals surface area contributed by atoms with Gasteiger partial charge in [0, 0.05) is 17.9 Å². The minimum Gasteiger partial charge on any atom is -0.337 e. The van der Waals surface area contributed by atoms with E-state index in [1.54, 1.807) is 20.0 Å². The van der Waals surface area contributed by atoms with Gasteiger partial charge in [-0.25, -0.2) is 4.39 Å². The second kappa shape index (κ2) is 7.66. The summed E-state index contributed by atoms with van der Waals surface area (Å²) in [5.41, 5.74) is 2.63. The van der Waals surface area contributed by atoms with Gasteiger partial charge in [0.1, 0.15) is 11.6 Å². The van der Waals surface area contributed by atoms with Crippen LogP contribution in [0.5, 0.6) is 0 Å². The van der Waals surface area contributed by atoms with Crippen molar-refractivity contribution in [2.45, 2.75) is 44.8 Å². The molecule has 6 heteroatoms. The van der Waals surface area contributed by atoms with Gasteiger partial charge in [0.05, 0.1) is 11.4 Å². The molecule has 3 rings (SSSR count). The number of benzene rings is 1. The number of hydrogen-bond donors (Lipinski definition) is 2. The molecule has 0 radical (unpaired) electrons. The number of nitrogens with zero attached hydrogens (tertiary/aromatic N) is 1. The second-order valence-corrected chi connectivity index (χ2v) is 8.56. The summed E-state index contributed by atoms with van der Waals surface area (Å²) in [6.45, 7) is 3.78. The molecular formula is C20H26FN3OS. The van der Waals surface area contributed by atoms with Gasteiger partial charge in [-0.1, -0.05) is 25.3 Å². The molecule has 1 heterocycles. The quantitative estimate of drug-likeness (QED) is 0.718. The Balaban J connectivity index is 1.97. The third-order valence-electron chi connectivity index (χ3n) is 4.98. The molecule has 0 aliphatic heterocycles. The second-order valence-electron chi connectivity index (χ2n) is 6.83. The zero-order valence-corrected chi connectivity index (χ0v) is 16.4. The highest BCUT2D eigenvalue weighted by Gasteiger charge is 2.21. The summed E-state index contributed by atoms with van der Waals surface area (Å²) in [6.07, 6.45) is 4.39. The normalized spacial score (nSPS) is 15.4. The predicted octanol–water partition coefficient (Wildman–Crippen LogP) is 4.72. The van der Waals surface area contributed by atoms with Gasteiger partial charge >= 0.3 is 0 Å². The summed E-state index contributed by atoms with van der Waals surface area (Å²) in [6, 6.07) is 6.97. The maximum atomic E-state index is 14.4. The van der Waals surface area contributed by atoms with E-state index in [4.69, 9.17) is 0 Å². The predicted molar refractivity (Wildman–Crippen MR) is 111 cm³/mol. The number of aromatic nitrogens is 1. The molecule has 140 valence electrons. The van der Waals surface area contributed by atoms with Crippen molar-refractivity contribution in [3.8, 4) is 0 Å². The summed E-state index contributed by atoms with van der Waals surface area (Å²) in [5.74, 6) is 4.49. The Morgan fingerprint density at radius 1 is 1.31 bits per heavy atom. The van der Waals surface area contributed by atoms with E-state index < -0.39 is 0 Å². The van der Waals surface area contributed by atoms with E-state index >= 15 is 0 Å². The highest BCUT2D eigenvalue weighted by Crippen LogP contribution is 2.38. The van der Waals surface area contributed by atoms with E-state index in [1.165, 1.54) is 29.9 Å². The maximum Gasteiger partial charge on any atom is 0.254 e. The van der Waals surface area contributed by atoms with Crippen molar-refractivity contribution in [1.82, 2.24) is 4.57 Å². The summed E-state index contributed by atoms with van der Waals surface area (Å²) in [4.78, 5) is 12.4. The summed E-state index contributed by atoms with van der Waals surface area (Å²) < 4.78 is 19.4. The van der Waals surface area contributed by atoms with Gasteiger partial charge in [0.25, 0.3) is 5.56 Å². The number of pyridine rings is 1. The molecule has 1 fully saturated rings. The molecule has 2 aromatic rings. The van der Waals surface area contributed by atoms with Gasteiger partial charge in [-0.05, 0) is 49.9 Å². The summed E-state index contributed by atoms with van der Waals surface area (Å²) >= 11 is 0. The standard InChI is InChI=1S/C20H26FN3OS/c1-5-14-9-10-17(16(21)12-14)22-19-18(11-13(2)20(25)24(19)3)23-26(4)15-7-6-8-15/h9-12,15,22-23H,4-8H2,1-3H3. The lowest BCUT2D eigenvalue weighted by Crippen LogP contribution is -2.24. The van der Waals surface area contributed by atoms with Crippen LogP contribution in [0.25, 0.3) is 0 Å². The van der Waals surface area contributed by atoms with Crippen molar-refractivity contribution in [2.75, 3.05) is 10.0 Å². The average molecular weight is 376 g/mol. The molecule has 0 spiro atoms. The van der Waals surface area contributed by atoms with E-state index in [9.17, 15) is 9.18 Å². The fourth-order valence-corrected chi connectivity index (χ4v) is 4.52. The third kappa shape index (κ3) is 3.70.